The van der Waals surface area contributed by atoms with Crippen LogP contribution in [0.25, 0.3) is 0 Å². The van der Waals surface area contributed by atoms with Gasteiger partial charge in [-0.05, 0) is 53.3 Å². The number of esters is 1. The molecule has 1 saturated carbocycles. The van der Waals surface area contributed by atoms with Crippen molar-refractivity contribution in [1.82, 2.24) is 9.80 Å². The molecular weight excluding hydrogens is 384 g/mol. The monoisotopic (exact) mass is 418 g/mol. The third-order valence-corrected chi connectivity index (χ3v) is 5.59. The minimum atomic E-state index is -0.639. The van der Waals surface area contributed by atoms with Gasteiger partial charge in [0.15, 0.2) is 0 Å². The maximum absolute atomic E-state index is 12.9. The average molecular weight is 419 g/mol. The van der Waals surface area contributed by atoms with Gasteiger partial charge < -0.3 is 19.1 Å². The molecule has 0 bridgehead atoms. The lowest BCUT2D eigenvalue weighted by Crippen LogP contribution is -2.46. The second-order valence-electron chi connectivity index (χ2n) is 9.64. The Balaban J connectivity index is 1.66. The molecule has 30 heavy (non-hydrogen) atoms. The Morgan fingerprint density at radius 1 is 1.17 bits per heavy atom. The van der Waals surface area contributed by atoms with E-state index < -0.39 is 17.7 Å². The summed E-state index contributed by atoms with van der Waals surface area (Å²) in [6.07, 6.45) is 0.922. The molecule has 0 N–H and O–H groups in total. The molecular formula is C23H34N2O5. The fourth-order valence-electron chi connectivity index (χ4n) is 3.97. The molecule has 7 nitrogen and oxygen atoms in total. The lowest BCUT2D eigenvalue weighted by Gasteiger charge is -2.29. The molecule has 1 aromatic rings. The normalized spacial score (nSPS) is 25.2. The molecule has 2 fully saturated rings. The van der Waals surface area contributed by atoms with Crippen LogP contribution in [0, 0.1) is 5.41 Å². The van der Waals surface area contributed by atoms with E-state index in [0.717, 1.165) is 18.5 Å². The topological polar surface area (TPSA) is 68.3 Å². The number of nitrogens with zero attached hydrogens (tertiary/aromatic N) is 2. The number of carbonyl (C=O) groups is 2. The molecule has 2 aliphatic rings. The first-order valence-corrected chi connectivity index (χ1v) is 10.6. The van der Waals surface area contributed by atoms with Crippen molar-refractivity contribution in [1.29, 1.82) is 0 Å². The van der Waals surface area contributed by atoms with Crippen molar-refractivity contribution >= 4 is 12.1 Å². The van der Waals surface area contributed by atoms with Crippen LogP contribution in [0.2, 0.25) is 0 Å². The van der Waals surface area contributed by atoms with Crippen molar-refractivity contribution in [2.75, 3.05) is 33.9 Å². The number of benzene rings is 1. The van der Waals surface area contributed by atoms with E-state index in [1.54, 1.807) is 4.90 Å². The first-order valence-electron chi connectivity index (χ1n) is 10.6. The summed E-state index contributed by atoms with van der Waals surface area (Å²) in [4.78, 5) is 29.5. The van der Waals surface area contributed by atoms with E-state index in [1.165, 1.54) is 0 Å². The van der Waals surface area contributed by atoms with Crippen LogP contribution in [-0.2, 0) is 25.6 Å². The molecule has 1 saturated heterocycles. The van der Waals surface area contributed by atoms with Crippen LogP contribution in [0.5, 0.6) is 0 Å². The molecule has 3 atom stereocenters. The largest absolute Gasteiger partial charge is 0.459 e. The van der Waals surface area contributed by atoms with E-state index in [9.17, 15) is 9.59 Å². The van der Waals surface area contributed by atoms with Gasteiger partial charge in [0.1, 0.15) is 18.2 Å². The van der Waals surface area contributed by atoms with Crippen molar-refractivity contribution in [2.24, 2.45) is 5.41 Å². The van der Waals surface area contributed by atoms with E-state index in [2.05, 4.69) is 4.90 Å². The van der Waals surface area contributed by atoms with Gasteiger partial charge in [-0.3, -0.25) is 4.90 Å². The van der Waals surface area contributed by atoms with E-state index in [1.807, 2.05) is 65.2 Å². The molecule has 0 radical (unpaired) electrons. The summed E-state index contributed by atoms with van der Waals surface area (Å²) in [6, 6.07) is 8.86. The molecule has 0 aromatic heterocycles. The zero-order valence-electron chi connectivity index (χ0n) is 18.7. The van der Waals surface area contributed by atoms with Crippen LogP contribution >= 0.6 is 0 Å². The molecule has 1 amide bonds. The Bertz CT molecular complexity index is 746. The van der Waals surface area contributed by atoms with Gasteiger partial charge in [-0.15, -0.1) is 0 Å². The maximum Gasteiger partial charge on any atom is 0.411 e. The van der Waals surface area contributed by atoms with Crippen molar-refractivity contribution < 1.29 is 23.8 Å². The van der Waals surface area contributed by atoms with Crippen molar-refractivity contribution in [3.05, 3.63) is 35.9 Å². The number of carbonyl (C=O) groups excluding carboxylic acids is 2. The maximum atomic E-state index is 12.9. The molecule has 0 spiro atoms. The summed E-state index contributed by atoms with van der Waals surface area (Å²) >= 11 is 0. The van der Waals surface area contributed by atoms with Crippen molar-refractivity contribution in [2.45, 2.75) is 57.9 Å². The van der Waals surface area contributed by atoms with Gasteiger partial charge in [0, 0.05) is 18.0 Å². The molecule has 3 rings (SSSR count). The summed E-state index contributed by atoms with van der Waals surface area (Å²) < 4.78 is 17.0. The third kappa shape index (κ3) is 5.52. The Morgan fingerprint density at radius 2 is 1.87 bits per heavy atom. The van der Waals surface area contributed by atoms with Crippen LogP contribution in [0.3, 0.4) is 0 Å². The molecule has 1 heterocycles. The summed E-state index contributed by atoms with van der Waals surface area (Å²) in [6.45, 7) is 7.66. The highest BCUT2D eigenvalue weighted by molar-refractivity contribution is 5.83. The molecule has 1 aliphatic heterocycles. The number of likely N-dealkylation sites (tertiary alicyclic amines) is 1. The number of likely N-dealkylation sites (N-methyl/N-ethyl adjacent to an activating group) is 1. The van der Waals surface area contributed by atoms with Crippen molar-refractivity contribution in [3.8, 4) is 0 Å². The lowest BCUT2D eigenvalue weighted by molar-refractivity contribution is -0.150. The van der Waals surface area contributed by atoms with E-state index in [0.29, 0.717) is 19.6 Å². The van der Waals surface area contributed by atoms with Gasteiger partial charge >= 0.3 is 12.1 Å². The summed E-state index contributed by atoms with van der Waals surface area (Å²) in [5.74, 6) is -0.385. The molecule has 1 aliphatic carbocycles. The van der Waals surface area contributed by atoms with Gasteiger partial charge in [-0.2, -0.15) is 0 Å². The summed E-state index contributed by atoms with van der Waals surface area (Å²) in [7, 11) is 4.00. The third-order valence-electron chi connectivity index (χ3n) is 5.59. The van der Waals surface area contributed by atoms with Crippen LogP contribution < -0.4 is 0 Å². The van der Waals surface area contributed by atoms with Crippen LogP contribution in [0.4, 0.5) is 4.79 Å². The first kappa shape index (κ1) is 22.6. The predicted octanol–water partition coefficient (Wildman–Crippen LogP) is 3.08. The Morgan fingerprint density at radius 3 is 2.50 bits per heavy atom. The zero-order chi connectivity index (χ0) is 21.9. The minimum absolute atomic E-state index is 0.0408. The van der Waals surface area contributed by atoms with Crippen LogP contribution in [-0.4, -0.2) is 73.4 Å². The Labute approximate surface area is 179 Å². The lowest BCUT2D eigenvalue weighted by atomic mass is 10.0. The number of amides is 1. The van der Waals surface area contributed by atoms with Gasteiger partial charge in [-0.25, -0.2) is 9.59 Å². The minimum Gasteiger partial charge on any atom is -0.459 e. The highest BCUT2D eigenvalue weighted by Gasteiger charge is 2.68. The number of ether oxygens (including phenoxy) is 3. The average Bonchev–Trinajstić information content (AvgIpc) is 3.26. The standard InChI is InChI=1S/C23H34N2O5/c1-22(2,3)30-21(27)25-18(20(26)29-15-17-9-7-6-8-10-17)13-23(14-19(23)25)16-28-12-11-24(4)5/h6-10,18-19H,11-16H2,1-5H3/t18-,19+,23-/m0/s1. The van der Waals surface area contributed by atoms with Crippen LogP contribution in [0.15, 0.2) is 30.3 Å². The van der Waals surface area contributed by atoms with Crippen LogP contribution in [0.1, 0.15) is 39.2 Å². The predicted molar refractivity (Wildman–Crippen MR) is 113 cm³/mol. The summed E-state index contributed by atoms with van der Waals surface area (Å²) in [5.41, 5.74) is 0.108. The van der Waals surface area contributed by atoms with Gasteiger partial charge in [0.05, 0.1) is 13.2 Å². The SMILES string of the molecule is CN(C)CCOC[C@@]12C[C@@H](C(=O)OCc3ccccc3)N(C(=O)OC(C)(C)C)[C@@H]1C2. The van der Waals surface area contributed by atoms with Gasteiger partial charge in [0.25, 0.3) is 0 Å². The number of fused-ring (bicyclic) bond motifs is 1. The molecule has 166 valence electrons. The smallest absolute Gasteiger partial charge is 0.411 e. The van der Waals surface area contributed by atoms with Gasteiger partial charge in [-0.1, -0.05) is 30.3 Å². The quantitative estimate of drug-likeness (QED) is 0.477. The number of hydrogen-bond donors (Lipinski definition) is 0. The highest BCUT2D eigenvalue weighted by Crippen LogP contribution is 2.60. The Kier molecular flexibility index (Phi) is 6.72. The van der Waals surface area contributed by atoms with E-state index in [4.69, 9.17) is 14.2 Å². The zero-order valence-corrected chi connectivity index (χ0v) is 18.7. The fourth-order valence-corrected chi connectivity index (χ4v) is 3.97. The molecule has 1 aromatic carbocycles. The molecule has 0 unspecified atom stereocenters. The van der Waals surface area contributed by atoms with E-state index >= 15 is 0 Å². The van der Waals surface area contributed by atoms with Crippen molar-refractivity contribution in [3.63, 3.8) is 0 Å². The first-order chi connectivity index (χ1) is 14.1. The van der Waals surface area contributed by atoms with E-state index in [-0.39, 0.29) is 24.0 Å². The second-order valence-corrected chi connectivity index (χ2v) is 9.64. The number of piperidine rings is 1. The summed E-state index contributed by atoms with van der Waals surface area (Å²) in [5, 5.41) is 0. The number of rotatable bonds is 8. The Hall–Kier alpha value is -2.12. The molecule has 7 heteroatoms. The highest BCUT2D eigenvalue weighted by atomic mass is 16.6. The number of hydrogen-bond acceptors (Lipinski definition) is 6. The fraction of sp³-hybridized carbons (Fsp3) is 0.652. The second kappa shape index (κ2) is 8.94. The van der Waals surface area contributed by atoms with Gasteiger partial charge in [0.2, 0.25) is 0 Å².